The Kier molecular flexibility index (Phi) is 12.6. The standard InChI is InChI=1S/C30H42N6O4/c31-17-9-7-15-23-27(37)35-25(19-21-11-3-1-4-12-21)29(39)33-24(16-8-10-18-32)28(38)36-26(30(40)34-23)20-22-13-5-2-6-14-22/h1-6,11-14,23-26H,7-10,15-20,31-32H2,(H,33,39)(H,34,40)(H,35,37)(H,36,38)/t23-,24-,25+,26+/m0/s1. The number of unbranched alkanes of at least 4 members (excludes halogenated alkanes) is 2. The van der Waals surface area contributed by atoms with Gasteiger partial charge in [-0.05, 0) is 62.7 Å². The highest BCUT2D eigenvalue weighted by Crippen LogP contribution is 2.11. The zero-order valence-corrected chi connectivity index (χ0v) is 22.9. The molecule has 0 aromatic heterocycles. The van der Waals surface area contributed by atoms with Crippen LogP contribution < -0.4 is 32.7 Å². The zero-order chi connectivity index (χ0) is 28.7. The average molecular weight is 551 g/mol. The molecule has 1 saturated heterocycles. The van der Waals surface area contributed by atoms with Crippen LogP contribution in [0.3, 0.4) is 0 Å². The first kappa shape index (κ1) is 30.8. The molecule has 2 aromatic rings. The third-order valence-corrected chi connectivity index (χ3v) is 6.99. The highest BCUT2D eigenvalue weighted by atomic mass is 16.2. The first-order valence-electron chi connectivity index (χ1n) is 14.1. The van der Waals surface area contributed by atoms with E-state index in [2.05, 4.69) is 21.3 Å². The van der Waals surface area contributed by atoms with Gasteiger partial charge in [0, 0.05) is 12.8 Å². The smallest absolute Gasteiger partial charge is 0.243 e. The molecular formula is C30H42N6O4. The van der Waals surface area contributed by atoms with Gasteiger partial charge in [-0.2, -0.15) is 0 Å². The van der Waals surface area contributed by atoms with E-state index in [1.165, 1.54) is 0 Å². The molecule has 10 heteroatoms. The molecule has 10 nitrogen and oxygen atoms in total. The molecule has 4 amide bonds. The second kappa shape index (κ2) is 16.4. The fourth-order valence-electron chi connectivity index (χ4n) is 4.73. The van der Waals surface area contributed by atoms with Gasteiger partial charge >= 0.3 is 0 Å². The van der Waals surface area contributed by atoms with E-state index in [1.54, 1.807) is 0 Å². The SMILES string of the molecule is NCCCC[C@@H]1NC(=O)[C@@H](Cc2ccccc2)NC(=O)[C@H](CCCCN)NC(=O)[C@@H](Cc2ccccc2)NC1=O. The molecule has 1 aliphatic rings. The van der Waals surface area contributed by atoms with Crippen LogP contribution in [0.15, 0.2) is 60.7 Å². The number of nitrogens with one attached hydrogen (secondary N) is 4. The lowest BCUT2D eigenvalue weighted by molar-refractivity contribution is -0.136. The van der Waals surface area contributed by atoms with Gasteiger partial charge in [0.2, 0.25) is 23.6 Å². The van der Waals surface area contributed by atoms with Gasteiger partial charge in [0.15, 0.2) is 0 Å². The van der Waals surface area contributed by atoms with E-state index in [0.717, 1.165) is 11.1 Å². The van der Waals surface area contributed by atoms with Crippen molar-refractivity contribution in [3.8, 4) is 0 Å². The maximum Gasteiger partial charge on any atom is 0.243 e. The molecule has 2 aromatic carbocycles. The first-order valence-corrected chi connectivity index (χ1v) is 14.1. The van der Waals surface area contributed by atoms with Crippen molar-refractivity contribution >= 4 is 23.6 Å². The molecule has 1 fully saturated rings. The summed E-state index contributed by atoms with van der Waals surface area (Å²) in [5.74, 6) is -1.83. The minimum Gasteiger partial charge on any atom is -0.343 e. The Bertz CT molecular complexity index is 1010. The monoisotopic (exact) mass is 550 g/mol. The van der Waals surface area contributed by atoms with Crippen molar-refractivity contribution in [1.29, 1.82) is 0 Å². The number of amides is 4. The number of hydrogen-bond acceptors (Lipinski definition) is 6. The second-order valence-corrected chi connectivity index (χ2v) is 10.2. The van der Waals surface area contributed by atoms with Crippen molar-refractivity contribution in [3.05, 3.63) is 71.8 Å². The summed E-state index contributed by atoms with van der Waals surface area (Å²) in [6, 6.07) is 15.0. The van der Waals surface area contributed by atoms with Crippen LogP contribution >= 0.6 is 0 Å². The number of carbonyl (C=O) groups excluding carboxylic acids is 4. The minimum atomic E-state index is -0.937. The van der Waals surface area contributed by atoms with Crippen molar-refractivity contribution in [2.75, 3.05) is 13.1 Å². The average Bonchev–Trinajstić information content (AvgIpc) is 2.96. The largest absolute Gasteiger partial charge is 0.343 e. The third-order valence-electron chi connectivity index (χ3n) is 6.99. The van der Waals surface area contributed by atoms with E-state index in [9.17, 15) is 19.2 Å². The van der Waals surface area contributed by atoms with Crippen LogP contribution in [0.2, 0.25) is 0 Å². The summed E-state index contributed by atoms with van der Waals surface area (Å²) in [7, 11) is 0. The summed E-state index contributed by atoms with van der Waals surface area (Å²) in [6.45, 7) is 0.916. The van der Waals surface area contributed by atoms with Crippen molar-refractivity contribution in [1.82, 2.24) is 21.3 Å². The lowest BCUT2D eigenvalue weighted by Gasteiger charge is -2.29. The van der Waals surface area contributed by atoms with Gasteiger partial charge in [0.05, 0.1) is 0 Å². The summed E-state index contributed by atoms with van der Waals surface area (Å²) in [4.78, 5) is 54.1. The van der Waals surface area contributed by atoms with Crippen LogP contribution in [0.25, 0.3) is 0 Å². The van der Waals surface area contributed by atoms with Gasteiger partial charge in [-0.25, -0.2) is 0 Å². The Hall–Kier alpha value is -3.76. The minimum absolute atomic E-state index is 0.232. The molecule has 0 radical (unpaired) electrons. The molecule has 40 heavy (non-hydrogen) atoms. The molecule has 0 unspecified atom stereocenters. The summed E-state index contributed by atoms with van der Waals surface area (Å²) >= 11 is 0. The maximum atomic E-state index is 13.5. The summed E-state index contributed by atoms with van der Waals surface area (Å²) in [5.41, 5.74) is 13.0. The summed E-state index contributed by atoms with van der Waals surface area (Å²) < 4.78 is 0. The number of carbonyl (C=O) groups is 4. The zero-order valence-electron chi connectivity index (χ0n) is 22.9. The van der Waals surface area contributed by atoms with Crippen molar-refractivity contribution in [2.24, 2.45) is 11.5 Å². The first-order chi connectivity index (χ1) is 19.4. The van der Waals surface area contributed by atoms with Crippen molar-refractivity contribution in [3.63, 3.8) is 0 Å². The van der Waals surface area contributed by atoms with Crippen LogP contribution in [0, 0.1) is 0 Å². The van der Waals surface area contributed by atoms with Crippen molar-refractivity contribution in [2.45, 2.75) is 75.5 Å². The Morgan fingerprint density at radius 1 is 0.475 bits per heavy atom. The molecule has 0 bridgehead atoms. The van der Waals surface area contributed by atoms with Crippen LogP contribution in [0.4, 0.5) is 0 Å². The van der Waals surface area contributed by atoms with Crippen LogP contribution in [-0.2, 0) is 32.0 Å². The molecule has 1 heterocycles. The van der Waals surface area contributed by atoms with E-state index in [4.69, 9.17) is 11.5 Å². The van der Waals surface area contributed by atoms with Crippen molar-refractivity contribution < 1.29 is 19.2 Å². The summed E-state index contributed by atoms with van der Waals surface area (Å²) in [5, 5.41) is 11.4. The fraction of sp³-hybridized carbons (Fsp3) is 0.467. The van der Waals surface area contributed by atoms with E-state index in [-0.39, 0.29) is 12.8 Å². The van der Waals surface area contributed by atoms with Gasteiger partial charge in [0.25, 0.3) is 0 Å². The predicted molar refractivity (Wildman–Crippen MR) is 154 cm³/mol. The molecule has 0 spiro atoms. The molecule has 8 N–H and O–H groups in total. The Labute approximate surface area is 236 Å². The Morgan fingerprint density at radius 2 is 0.800 bits per heavy atom. The highest BCUT2D eigenvalue weighted by molar-refractivity contribution is 5.97. The van der Waals surface area contributed by atoms with Gasteiger partial charge in [-0.15, -0.1) is 0 Å². The maximum absolute atomic E-state index is 13.5. The van der Waals surface area contributed by atoms with E-state index >= 15 is 0 Å². The molecule has 0 aliphatic carbocycles. The van der Waals surface area contributed by atoms with Crippen LogP contribution in [0.1, 0.15) is 49.7 Å². The number of rotatable bonds is 12. The Balaban J connectivity index is 1.93. The van der Waals surface area contributed by atoms with E-state index < -0.39 is 47.8 Å². The number of hydrogen-bond donors (Lipinski definition) is 6. The molecule has 216 valence electrons. The second-order valence-electron chi connectivity index (χ2n) is 10.2. The topological polar surface area (TPSA) is 168 Å². The molecule has 1 aliphatic heterocycles. The predicted octanol–water partition coefficient (Wildman–Crippen LogP) is 0.683. The Morgan fingerprint density at radius 3 is 1.15 bits per heavy atom. The van der Waals surface area contributed by atoms with Crippen LogP contribution in [-0.4, -0.2) is 60.9 Å². The molecule has 0 saturated carbocycles. The van der Waals surface area contributed by atoms with Gasteiger partial charge in [-0.1, -0.05) is 60.7 Å². The van der Waals surface area contributed by atoms with Gasteiger partial charge < -0.3 is 32.7 Å². The molecule has 3 rings (SSSR count). The number of nitrogens with two attached hydrogens (primary N) is 2. The molecule has 4 atom stereocenters. The fourth-order valence-corrected chi connectivity index (χ4v) is 4.73. The lowest BCUT2D eigenvalue weighted by Crippen LogP contribution is -2.62. The summed E-state index contributed by atoms with van der Waals surface area (Å²) in [6.07, 6.45) is 3.76. The van der Waals surface area contributed by atoms with Gasteiger partial charge in [0.1, 0.15) is 24.2 Å². The lowest BCUT2D eigenvalue weighted by atomic mass is 10.00. The quantitative estimate of drug-likeness (QED) is 0.212. The molecular weight excluding hydrogens is 508 g/mol. The van der Waals surface area contributed by atoms with Crippen LogP contribution in [0.5, 0.6) is 0 Å². The third kappa shape index (κ3) is 9.77. The highest BCUT2D eigenvalue weighted by Gasteiger charge is 2.34. The van der Waals surface area contributed by atoms with E-state index in [0.29, 0.717) is 51.6 Å². The van der Waals surface area contributed by atoms with E-state index in [1.807, 2.05) is 60.7 Å². The van der Waals surface area contributed by atoms with Gasteiger partial charge in [-0.3, -0.25) is 19.2 Å². The number of benzene rings is 2. The normalized spacial score (nSPS) is 22.2.